The first-order valence-corrected chi connectivity index (χ1v) is 6.01. The minimum absolute atomic E-state index is 0.0446. The zero-order valence-corrected chi connectivity index (χ0v) is 11.4. The van der Waals surface area contributed by atoms with Gasteiger partial charge in [-0.3, -0.25) is 4.79 Å². The number of aromatic nitrogens is 2. The van der Waals surface area contributed by atoms with Gasteiger partial charge >= 0.3 is 0 Å². The lowest BCUT2D eigenvalue weighted by Crippen LogP contribution is -2.14. The average molecular weight is 362 g/mol. The molecular weight excluding hydrogens is 356 g/mol. The molecule has 0 spiro atoms. The fraction of sp³-hybridized carbons (Fsp3) is 0. The summed E-state index contributed by atoms with van der Waals surface area (Å²) < 4.78 is 5.93. The van der Waals surface area contributed by atoms with Crippen molar-refractivity contribution in [2.75, 3.05) is 11.1 Å². The van der Waals surface area contributed by atoms with E-state index in [1.165, 1.54) is 0 Å². The van der Waals surface area contributed by atoms with E-state index in [1.54, 1.807) is 12.1 Å². The van der Waals surface area contributed by atoms with Crippen LogP contribution in [0, 0.1) is 0 Å². The van der Waals surface area contributed by atoms with Gasteiger partial charge in [0.15, 0.2) is 0 Å². The molecule has 1 amide bonds. The van der Waals surface area contributed by atoms with E-state index in [0.29, 0.717) is 5.69 Å². The number of anilines is 2. The van der Waals surface area contributed by atoms with Crippen molar-refractivity contribution in [1.82, 2.24) is 10.3 Å². The standard InChI is InChI=1S/C9H6Br2N4O2/c10-4-1-2-5(11)6(3-4)13-9(16)7-8(12)15-17-14-7/h1-3H,(H2,12,15)(H,13,16). The molecule has 88 valence electrons. The SMILES string of the molecule is Nc1nonc1C(=O)Nc1cc(Br)ccc1Br. The molecule has 0 unspecified atom stereocenters. The molecule has 2 aromatic rings. The Morgan fingerprint density at radius 2 is 2.12 bits per heavy atom. The first kappa shape index (κ1) is 12.1. The minimum atomic E-state index is -0.484. The summed E-state index contributed by atoms with van der Waals surface area (Å²) in [5.41, 5.74) is 5.96. The highest BCUT2D eigenvalue weighted by Crippen LogP contribution is 2.26. The number of hydrogen-bond acceptors (Lipinski definition) is 5. The second-order valence-corrected chi connectivity index (χ2v) is 4.85. The topological polar surface area (TPSA) is 94.0 Å². The first-order chi connectivity index (χ1) is 8.08. The Balaban J connectivity index is 2.24. The Bertz CT molecular complexity index is 570. The van der Waals surface area contributed by atoms with Gasteiger partial charge in [0, 0.05) is 8.95 Å². The molecule has 0 aliphatic heterocycles. The highest BCUT2D eigenvalue weighted by molar-refractivity contribution is 9.11. The van der Waals surface area contributed by atoms with Crippen molar-refractivity contribution in [1.29, 1.82) is 0 Å². The molecular formula is C9H6Br2N4O2. The second kappa shape index (κ2) is 4.84. The number of rotatable bonds is 2. The fourth-order valence-electron chi connectivity index (χ4n) is 1.13. The van der Waals surface area contributed by atoms with Crippen molar-refractivity contribution < 1.29 is 9.42 Å². The molecule has 0 aliphatic rings. The third-order valence-electron chi connectivity index (χ3n) is 1.91. The maximum absolute atomic E-state index is 11.8. The lowest BCUT2D eigenvalue weighted by atomic mass is 10.3. The van der Waals surface area contributed by atoms with Crippen LogP contribution in [0.2, 0.25) is 0 Å². The highest BCUT2D eigenvalue weighted by atomic mass is 79.9. The molecule has 0 atom stereocenters. The number of nitrogen functional groups attached to an aromatic ring is 1. The number of nitrogens with one attached hydrogen (secondary N) is 1. The average Bonchev–Trinajstić information content (AvgIpc) is 2.70. The Morgan fingerprint density at radius 1 is 1.35 bits per heavy atom. The van der Waals surface area contributed by atoms with E-state index in [2.05, 4.69) is 52.1 Å². The highest BCUT2D eigenvalue weighted by Gasteiger charge is 2.16. The van der Waals surface area contributed by atoms with Crippen molar-refractivity contribution in [2.24, 2.45) is 0 Å². The number of halogens is 2. The molecule has 0 aliphatic carbocycles. The molecule has 1 aromatic carbocycles. The number of hydrogen-bond donors (Lipinski definition) is 2. The molecule has 6 nitrogen and oxygen atoms in total. The molecule has 0 saturated heterocycles. The Hall–Kier alpha value is -1.41. The summed E-state index contributed by atoms with van der Waals surface area (Å²) in [6, 6.07) is 5.38. The van der Waals surface area contributed by atoms with E-state index in [4.69, 9.17) is 5.73 Å². The van der Waals surface area contributed by atoms with E-state index in [9.17, 15) is 4.79 Å². The molecule has 2 rings (SSSR count). The third kappa shape index (κ3) is 2.64. The van der Waals surface area contributed by atoms with Crippen molar-refractivity contribution in [3.05, 3.63) is 32.8 Å². The minimum Gasteiger partial charge on any atom is -0.379 e. The summed E-state index contributed by atoms with van der Waals surface area (Å²) in [7, 11) is 0. The van der Waals surface area contributed by atoms with Crippen molar-refractivity contribution in [3.8, 4) is 0 Å². The lowest BCUT2D eigenvalue weighted by molar-refractivity contribution is 0.101. The van der Waals surface area contributed by atoms with Crippen LogP contribution in [0.5, 0.6) is 0 Å². The fourth-order valence-corrected chi connectivity index (χ4v) is 1.83. The predicted molar refractivity (Wildman–Crippen MR) is 68.5 cm³/mol. The van der Waals surface area contributed by atoms with E-state index in [-0.39, 0.29) is 11.5 Å². The van der Waals surface area contributed by atoms with Gasteiger partial charge < -0.3 is 11.1 Å². The van der Waals surface area contributed by atoms with Crippen LogP contribution in [0.15, 0.2) is 31.8 Å². The van der Waals surface area contributed by atoms with Crippen LogP contribution in [0.3, 0.4) is 0 Å². The predicted octanol–water partition coefficient (Wildman–Crippen LogP) is 2.43. The zero-order valence-electron chi connectivity index (χ0n) is 8.28. The van der Waals surface area contributed by atoms with Gasteiger partial charge in [-0.15, -0.1) is 0 Å². The number of nitrogens with zero attached hydrogens (tertiary/aromatic N) is 2. The van der Waals surface area contributed by atoms with E-state index in [1.807, 2.05) is 6.07 Å². The van der Waals surface area contributed by atoms with Crippen LogP contribution >= 0.6 is 31.9 Å². The van der Waals surface area contributed by atoms with Crippen molar-refractivity contribution in [3.63, 3.8) is 0 Å². The maximum Gasteiger partial charge on any atom is 0.281 e. The number of nitrogens with two attached hydrogens (primary N) is 1. The summed E-state index contributed by atoms with van der Waals surface area (Å²) in [4.78, 5) is 11.8. The van der Waals surface area contributed by atoms with Gasteiger partial charge in [0.25, 0.3) is 5.91 Å². The van der Waals surface area contributed by atoms with Gasteiger partial charge in [0.05, 0.1) is 5.69 Å². The van der Waals surface area contributed by atoms with E-state index >= 15 is 0 Å². The number of amides is 1. The van der Waals surface area contributed by atoms with E-state index < -0.39 is 5.91 Å². The maximum atomic E-state index is 11.8. The smallest absolute Gasteiger partial charge is 0.281 e. The number of carbonyl (C=O) groups is 1. The van der Waals surface area contributed by atoms with Gasteiger partial charge in [0.1, 0.15) is 0 Å². The van der Waals surface area contributed by atoms with Crippen molar-refractivity contribution >= 4 is 49.3 Å². The molecule has 0 radical (unpaired) electrons. The monoisotopic (exact) mass is 360 g/mol. The zero-order chi connectivity index (χ0) is 12.4. The summed E-state index contributed by atoms with van der Waals surface area (Å²) in [6.07, 6.45) is 0. The Kier molecular flexibility index (Phi) is 3.43. The summed E-state index contributed by atoms with van der Waals surface area (Å²) in [5.74, 6) is -0.531. The van der Waals surface area contributed by atoms with Gasteiger partial charge in [-0.25, -0.2) is 4.63 Å². The molecule has 0 fully saturated rings. The summed E-state index contributed by atoms with van der Waals surface area (Å²) >= 11 is 6.62. The Labute approximate surface area is 113 Å². The van der Waals surface area contributed by atoms with Crippen LogP contribution in [-0.4, -0.2) is 16.2 Å². The van der Waals surface area contributed by atoms with Crippen LogP contribution in [0.4, 0.5) is 11.5 Å². The molecule has 8 heteroatoms. The van der Waals surface area contributed by atoms with Crippen LogP contribution in [0.1, 0.15) is 10.5 Å². The van der Waals surface area contributed by atoms with E-state index in [0.717, 1.165) is 8.95 Å². The van der Waals surface area contributed by atoms with Crippen LogP contribution in [-0.2, 0) is 0 Å². The van der Waals surface area contributed by atoms with Gasteiger partial charge in [0.2, 0.25) is 11.5 Å². The third-order valence-corrected chi connectivity index (χ3v) is 3.09. The molecule has 17 heavy (non-hydrogen) atoms. The lowest BCUT2D eigenvalue weighted by Gasteiger charge is -2.05. The molecule has 1 aromatic heterocycles. The summed E-state index contributed by atoms with van der Waals surface area (Å²) in [5, 5.41) is 9.38. The normalized spacial score (nSPS) is 10.2. The van der Waals surface area contributed by atoms with Gasteiger partial charge in [-0.1, -0.05) is 15.9 Å². The molecule has 1 heterocycles. The Morgan fingerprint density at radius 3 is 2.76 bits per heavy atom. The van der Waals surface area contributed by atoms with Crippen molar-refractivity contribution in [2.45, 2.75) is 0 Å². The van der Waals surface area contributed by atoms with Gasteiger partial charge in [-0.2, -0.15) is 0 Å². The van der Waals surface area contributed by atoms with Gasteiger partial charge in [-0.05, 0) is 44.4 Å². The molecule has 0 saturated carbocycles. The van der Waals surface area contributed by atoms with Crippen LogP contribution in [0.25, 0.3) is 0 Å². The largest absolute Gasteiger partial charge is 0.379 e. The summed E-state index contributed by atoms with van der Waals surface area (Å²) in [6.45, 7) is 0. The molecule has 0 bridgehead atoms. The number of carbonyl (C=O) groups excluding carboxylic acids is 1. The van der Waals surface area contributed by atoms with Crippen LogP contribution < -0.4 is 11.1 Å². The second-order valence-electron chi connectivity index (χ2n) is 3.08. The molecule has 3 N–H and O–H groups in total. The number of benzene rings is 1. The first-order valence-electron chi connectivity index (χ1n) is 4.42. The quantitative estimate of drug-likeness (QED) is 0.856.